The molecule has 0 spiro atoms. The number of carboxylic acid groups (broad SMARTS) is 1. The van der Waals surface area contributed by atoms with Gasteiger partial charge in [0, 0.05) is 16.7 Å². The molecule has 2 aromatic rings. The molecule has 0 fully saturated rings. The third-order valence-electron chi connectivity index (χ3n) is 2.41. The molecule has 6 heteroatoms. The van der Waals surface area contributed by atoms with E-state index in [0.717, 1.165) is 16.9 Å². The van der Waals surface area contributed by atoms with Gasteiger partial charge in [-0.1, -0.05) is 41.1 Å². The Bertz CT molecular complexity index is 594. The summed E-state index contributed by atoms with van der Waals surface area (Å²) in [4.78, 5) is 11.2. The summed E-state index contributed by atoms with van der Waals surface area (Å²) in [6.45, 7) is 0.208. The maximum atomic E-state index is 11.1. The number of methoxy groups -OCH3 is 1. The van der Waals surface area contributed by atoms with Gasteiger partial charge in [0.2, 0.25) is 0 Å². The second-order valence-corrected chi connectivity index (χ2v) is 5.07. The molecule has 0 aliphatic heterocycles. The number of benzene rings is 1. The minimum Gasteiger partial charge on any atom is -0.487 e. The molecule has 0 aliphatic rings. The van der Waals surface area contributed by atoms with Crippen LogP contribution >= 0.6 is 22.9 Å². The van der Waals surface area contributed by atoms with Crippen molar-refractivity contribution in [3.63, 3.8) is 0 Å². The summed E-state index contributed by atoms with van der Waals surface area (Å²) in [6, 6.07) is 8.81. The molecular formula is C13H11ClO4S. The maximum Gasteiger partial charge on any atom is 0.349 e. The topological polar surface area (TPSA) is 55.8 Å². The van der Waals surface area contributed by atoms with Gasteiger partial charge < -0.3 is 14.6 Å². The average molecular weight is 299 g/mol. The Morgan fingerprint density at radius 3 is 2.79 bits per heavy atom. The van der Waals surface area contributed by atoms with Crippen molar-refractivity contribution in [2.24, 2.45) is 0 Å². The Morgan fingerprint density at radius 1 is 1.42 bits per heavy atom. The second-order valence-electron chi connectivity index (χ2n) is 3.65. The zero-order valence-electron chi connectivity index (χ0n) is 10.1. The summed E-state index contributed by atoms with van der Waals surface area (Å²) in [6.07, 6.45) is 0. The first kappa shape index (κ1) is 13.7. The van der Waals surface area contributed by atoms with Gasteiger partial charge in [-0.3, -0.25) is 0 Å². The number of hydrogen-bond acceptors (Lipinski definition) is 4. The van der Waals surface area contributed by atoms with Crippen LogP contribution in [0.1, 0.15) is 15.2 Å². The second kappa shape index (κ2) is 5.95. The molecule has 0 amide bonds. The lowest BCUT2D eigenvalue weighted by atomic mass is 10.2. The fourth-order valence-electron chi connectivity index (χ4n) is 1.48. The predicted molar refractivity (Wildman–Crippen MR) is 73.6 cm³/mol. The van der Waals surface area contributed by atoms with E-state index in [4.69, 9.17) is 26.2 Å². The van der Waals surface area contributed by atoms with E-state index in [0.29, 0.717) is 10.1 Å². The quantitative estimate of drug-likeness (QED) is 0.914. The van der Waals surface area contributed by atoms with E-state index in [9.17, 15) is 4.79 Å². The third-order valence-corrected chi connectivity index (χ3v) is 3.85. The first-order valence-corrected chi connectivity index (χ1v) is 6.58. The first-order chi connectivity index (χ1) is 9.11. The molecule has 0 bridgehead atoms. The average Bonchev–Trinajstić information content (AvgIpc) is 2.81. The minimum absolute atomic E-state index is 0.115. The van der Waals surface area contributed by atoms with E-state index in [1.54, 1.807) is 12.1 Å². The van der Waals surface area contributed by atoms with Crippen molar-refractivity contribution in [2.45, 2.75) is 6.61 Å². The minimum atomic E-state index is -1.04. The SMILES string of the molecule is COc1cc(OCc2ccccc2Cl)c(C(=O)O)s1. The van der Waals surface area contributed by atoms with Crippen LogP contribution in [0, 0.1) is 0 Å². The number of aromatic carboxylic acids is 1. The number of hydrogen-bond donors (Lipinski definition) is 1. The zero-order chi connectivity index (χ0) is 13.8. The standard InChI is InChI=1S/C13H11ClO4S/c1-17-11-6-10(12(19-11)13(15)16)18-7-8-4-2-3-5-9(8)14/h2-6H,7H2,1H3,(H,15,16). The molecule has 0 radical (unpaired) electrons. The summed E-state index contributed by atoms with van der Waals surface area (Å²) >= 11 is 7.03. The smallest absolute Gasteiger partial charge is 0.349 e. The molecule has 2 rings (SSSR count). The van der Waals surface area contributed by atoms with Crippen molar-refractivity contribution in [1.29, 1.82) is 0 Å². The summed E-state index contributed by atoms with van der Waals surface area (Å²) in [7, 11) is 1.48. The highest BCUT2D eigenvalue weighted by atomic mass is 35.5. The fourth-order valence-corrected chi connectivity index (χ4v) is 2.43. The Morgan fingerprint density at radius 2 is 2.16 bits per heavy atom. The van der Waals surface area contributed by atoms with E-state index in [1.165, 1.54) is 7.11 Å². The highest BCUT2D eigenvalue weighted by molar-refractivity contribution is 7.16. The molecule has 19 heavy (non-hydrogen) atoms. The van der Waals surface area contributed by atoms with Crippen LogP contribution in [0.4, 0.5) is 0 Å². The van der Waals surface area contributed by atoms with E-state index < -0.39 is 5.97 Å². The van der Waals surface area contributed by atoms with Gasteiger partial charge in [0.1, 0.15) is 12.4 Å². The van der Waals surface area contributed by atoms with Crippen molar-refractivity contribution in [2.75, 3.05) is 7.11 Å². The predicted octanol–water partition coefficient (Wildman–Crippen LogP) is 3.69. The van der Waals surface area contributed by atoms with Gasteiger partial charge in [0.25, 0.3) is 0 Å². The molecule has 0 saturated heterocycles. The van der Waals surface area contributed by atoms with Gasteiger partial charge in [0.15, 0.2) is 9.94 Å². The van der Waals surface area contributed by atoms with E-state index in [-0.39, 0.29) is 17.2 Å². The van der Waals surface area contributed by atoms with Crippen LogP contribution < -0.4 is 9.47 Å². The molecular weight excluding hydrogens is 288 g/mol. The highest BCUT2D eigenvalue weighted by Crippen LogP contribution is 2.35. The van der Waals surface area contributed by atoms with Gasteiger partial charge in [0.05, 0.1) is 7.11 Å². The highest BCUT2D eigenvalue weighted by Gasteiger charge is 2.17. The van der Waals surface area contributed by atoms with E-state index in [1.807, 2.05) is 18.2 Å². The van der Waals surface area contributed by atoms with Crippen molar-refractivity contribution < 1.29 is 19.4 Å². The van der Waals surface area contributed by atoms with E-state index in [2.05, 4.69) is 0 Å². The molecule has 4 nitrogen and oxygen atoms in total. The Balaban J connectivity index is 2.17. The van der Waals surface area contributed by atoms with Crippen molar-refractivity contribution in [3.05, 3.63) is 45.8 Å². The third kappa shape index (κ3) is 3.19. The van der Waals surface area contributed by atoms with Crippen molar-refractivity contribution in [1.82, 2.24) is 0 Å². The van der Waals surface area contributed by atoms with Crippen LogP contribution in [0.3, 0.4) is 0 Å². The van der Waals surface area contributed by atoms with Crippen LogP contribution in [0.2, 0.25) is 5.02 Å². The van der Waals surface area contributed by atoms with Gasteiger partial charge in [-0.25, -0.2) is 4.79 Å². The van der Waals surface area contributed by atoms with Crippen molar-refractivity contribution in [3.8, 4) is 10.8 Å². The molecule has 0 atom stereocenters. The number of rotatable bonds is 5. The van der Waals surface area contributed by atoms with Gasteiger partial charge >= 0.3 is 5.97 Å². The molecule has 0 aliphatic carbocycles. The van der Waals surface area contributed by atoms with Crippen LogP contribution in [-0.2, 0) is 6.61 Å². The van der Waals surface area contributed by atoms with Gasteiger partial charge in [-0.15, -0.1) is 0 Å². The summed E-state index contributed by atoms with van der Waals surface area (Å²) in [5.74, 6) is -0.753. The van der Waals surface area contributed by atoms with Crippen LogP contribution in [-0.4, -0.2) is 18.2 Å². The Labute approximate surface area is 119 Å². The number of carbonyl (C=O) groups is 1. The molecule has 1 N–H and O–H groups in total. The number of ether oxygens (including phenoxy) is 2. The molecule has 0 saturated carbocycles. The molecule has 100 valence electrons. The van der Waals surface area contributed by atoms with Crippen LogP contribution in [0.15, 0.2) is 30.3 Å². The van der Waals surface area contributed by atoms with Gasteiger partial charge in [-0.2, -0.15) is 0 Å². The Kier molecular flexibility index (Phi) is 4.29. The molecule has 1 heterocycles. The number of halogens is 1. The zero-order valence-corrected chi connectivity index (χ0v) is 11.6. The largest absolute Gasteiger partial charge is 0.487 e. The summed E-state index contributed by atoms with van der Waals surface area (Å²) < 4.78 is 10.5. The maximum absolute atomic E-state index is 11.1. The Hall–Kier alpha value is -1.72. The first-order valence-electron chi connectivity index (χ1n) is 5.39. The molecule has 0 unspecified atom stereocenters. The lowest BCUT2D eigenvalue weighted by molar-refractivity contribution is 0.0697. The summed E-state index contributed by atoms with van der Waals surface area (Å²) in [5, 5.41) is 10.2. The monoisotopic (exact) mass is 298 g/mol. The number of carboxylic acids is 1. The van der Waals surface area contributed by atoms with Crippen molar-refractivity contribution >= 4 is 28.9 Å². The normalized spacial score (nSPS) is 10.2. The van der Waals surface area contributed by atoms with Gasteiger partial charge in [-0.05, 0) is 6.07 Å². The molecule has 1 aromatic carbocycles. The lowest BCUT2D eigenvalue weighted by Gasteiger charge is -2.06. The fraction of sp³-hybridized carbons (Fsp3) is 0.154. The molecule has 1 aromatic heterocycles. The number of thiophene rings is 1. The lowest BCUT2D eigenvalue weighted by Crippen LogP contribution is -2.00. The van der Waals surface area contributed by atoms with Crippen LogP contribution in [0.25, 0.3) is 0 Å². The summed E-state index contributed by atoms with van der Waals surface area (Å²) in [5.41, 5.74) is 0.797. The van der Waals surface area contributed by atoms with Crippen LogP contribution in [0.5, 0.6) is 10.8 Å². The van der Waals surface area contributed by atoms with E-state index >= 15 is 0 Å².